The van der Waals surface area contributed by atoms with Gasteiger partial charge in [-0.15, -0.1) is 0 Å². The van der Waals surface area contributed by atoms with Gasteiger partial charge in [-0.25, -0.2) is 4.98 Å². The quantitative estimate of drug-likeness (QED) is 0.346. The number of hydrogen-bond acceptors (Lipinski definition) is 7. The molecule has 8 heteroatoms. The highest BCUT2D eigenvalue weighted by Gasteiger charge is 2.11. The first-order chi connectivity index (χ1) is 14.6. The number of thioether (sulfide) groups is 1. The molecule has 4 rings (SSSR count). The van der Waals surface area contributed by atoms with E-state index >= 15 is 0 Å². The Bertz CT molecular complexity index is 1170. The van der Waals surface area contributed by atoms with Crippen LogP contribution in [-0.4, -0.2) is 26.2 Å². The summed E-state index contributed by atoms with van der Waals surface area (Å²) in [5, 5.41) is 4.54. The van der Waals surface area contributed by atoms with Crippen molar-refractivity contribution in [3.8, 4) is 28.4 Å². The highest BCUT2D eigenvalue weighted by Crippen LogP contribution is 2.24. The Balaban J connectivity index is 1.45. The number of aromatic nitrogens is 4. The first kappa shape index (κ1) is 19.9. The summed E-state index contributed by atoms with van der Waals surface area (Å²) in [6.07, 6.45) is 0.116. The van der Waals surface area contributed by atoms with Gasteiger partial charge >= 0.3 is 0 Å². The molecule has 0 bridgehead atoms. The van der Waals surface area contributed by atoms with E-state index in [0.29, 0.717) is 28.3 Å². The lowest BCUT2D eigenvalue weighted by molar-refractivity contribution is 0.242. The number of rotatable bonds is 7. The number of H-pyrrole nitrogens is 1. The standard InChI is InChI=1S/C22H20N4O3S/c1-14(2)28-17-10-8-16(9-11-17)21-25-20(29-26-21)13-30-22-23-18(12-19(27)24-22)15-6-4-3-5-7-15/h3-12,14H,13H2,1-2H3,(H,23,24,27). The molecule has 1 N–H and O–H groups in total. The van der Waals surface area contributed by atoms with Crippen LogP contribution in [0.25, 0.3) is 22.6 Å². The van der Waals surface area contributed by atoms with Gasteiger partial charge in [0.1, 0.15) is 5.75 Å². The van der Waals surface area contributed by atoms with Crippen molar-refractivity contribution in [1.29, 1.82) is 0 Å². The number of nitrogens with zero attached hydrogens (tertiary/aromatic N) is 3. The number of aromatic amines is 1. The van der Waals surface area contributed by atoms with Crippen LogP contribution in [-0.2, 0) is 5.75 Å². The van der Waals surface area contributed by atoms with Crippen molar-refractivity contribution in [2.75, 3.05) is 0 Å². The Morgan fingerprint density at radius 2 is 1.80 bits per heavy atom. The zero-order valence-electron chi connectivity index (χ0n) is 16.5. The fraction of sp³-hybridized carbons (Fsp3) is 0.182. The number of nitrogens with one attached hydrogen (secondary N) is 1. The van der Waals surface area contributed by atoms with Crippen LogP contribution in [0.4, 0.5) is 0 Å². The molecule has 0 aliphatic rings. The number of ether oxygens (including phenoxy) is 1. The fourth-order valence-electron chi connectivity index (χ4n) is 2.78. The van der Waals surface area contributed by atoms with Crippen LogP contribution < -0.4 is 10.3 Å². The number of hydrogen-bond donors (Lipinski definition) is 1. The molecule has 2 heterocycles. The van der Waals surface area contributed by atoms with Crippen molar-refractivity contribution in [2.24, 2.45) is 0 Å². The highest BCUT2D eigenvalue weighted by molar-refractivity contribution is 7.98. The maximum Gasteiger partial charge on any atom is 0.252 e. The van der Waals surface area contributed by atoms with E-state index in [2.05, 4.69) is 20.1 Å². The van der Waals surface area contributed by atoms with Gasteiger partial charge in [-0.3, -0.25) is 4.79 Å². The smallest absolute Gasteiger partial charge is 0.252 e. The Morgan fingerprint density at radius 3 is 2.53 bits per heavy atom. The molecular formula is C22H20N4O3S. The van der Waals surface area contributed by atoms with Crippen molar-refractivity contribution >= 4 is 11.8 Å². The Morgan fingerprint density at radius 1 is 1.03 bits per heavy atom. The lowest BCUT2D eigenvalue weighted by Gasteiger charge is -2.09. The lowest BCUT2D eigenvalue weighted by atomic mass is 10.1. The summed E-state index contributed by atoms with van der Waals surface area (Å²) in [4.78, 5) is 23.7. The maximum atomic E-state index is 12.0. The van der Waals surface area contributed by atoms with Gasteiger partial charge in [0.15, 0.2) is 5.16 Å². The lowest BCUT2D eigenvalue weighted by Crippen LogP contribution is -2.08. The van der Waals surface area contributed by atoms with Crippen molar-refractivity contribution < 1.29 is 9.26 Å². The molecule has 0 aliphatic carbocycles. The number of benzene rings is 2. The molecule has 0 atom stereocenters. The van der Waals surface area contributed by atoms with Gasteiger partial charge in [0, 0.05) is 17.2 Å². The monoisotopic (exact) mass is 420 g/mol. The zero-order valence-corrected chi connectivity index (χ0v) is 17.3. The van der Waals surface area contributed by atoms with Gasteiger partial charge in [-0.1, -0.05) is 47.3 Å². The molecule has 0 spiro atoms. The predicted molar refractivity (Wildman–Crippen MR) is 115 cm³/mol. The van der Waals surface area contributed by atoms with Crippen LogP contribution in [0, 0.1) is 0 Å². The molecule has 30 heavy (non-hydrogen) atoms. The van der Waals surface area contributed by atoms with Crippen LogP contribution in [0.3, 0.4) is 0 Å². The van der Waals surface area contributed by atoms with Crippen LogP contribution in [0.5, 0.6) is 5.75 Å². The van der Waals surface area contributed by atoms with E-state index in [9.17, 15) is 4.79 Å². The first-order valence-electron chi connectivity index (χ1n) is 9.46. The summed E-state index contributed by atoms with van der Waals surface area (Å²) in [6.45, 7) is 3.96. The second-order valence-electron chi connectivity index (χ2n) is 6.79. The van der Waals surface area contributed by atoms with Crippen LogP contribution >= 0.6 is 11.8 Å². The van der Waals surface area contributed by atoms with Gasteiger partial charge in [0.2, 0.25) is 11.7 Å². The average molecular weight is 420 g/mol. The van der Waals surface area contributed by atoms with E-state index in [4.69, 9.17) is 9.26 Å². The topological polar surface area (TPSA) is 93.9 Å². The van der Waals surface area contributed by atoms with E-state index in [1.807, 2.05) is 68.4 Å². The third-order valence-electron chi connectivity index (χ3n) is 4.07. The second-order valence-corrected chi connectivity index (χ2v) is 7.76. The molecule has 4 aromatic rings. The van der Waals surface area contributed by atoms with E-state index < -0.39 is 0 Å². The average Bonchev–Trinajstić information content (AvgIpc) is 3.22. The summed E-state index contributed by atoms with van der Waals surface area (Å²) in [7, 11) is 0. The molecule has 0 fully saturated rings. The van der Waals surface area contributed by atoms with E-state index in [0.717, 1.165) is 16.9 Å². The Hall–Kier alpha value is -3.39. The molecule has 7 nitrogen and oxygen atoms in total. The minimum atomic E-state index is -0.207. The van der Waals surface area contributed by atoms with Crippen molar-refractivity contribution in [2.45, 2.75) is 30.9 Å². The largest absolute Gasteiger partial charge is 0.491 e. The second kappa shape index (κ2) is 8.96. The van der Waals surface area contributed by atoms with Gasteiger partial charge in [0.25, 0.3) is 5.56 Å². The minimum absolute atomic E-state index is 0.116. The SMILES string of the molecule is CC(C)Oc1ccc(-c2noc(CSc3nc(-c4ccccc4)cc(=O)[nH]3)n2)cc1. The normalized spacial score (nSPS) is 11.0. The molecule has 0 saturated heterocycles. The van der Waals surface area contributed by atoms with E-state index in [-0.39, 0.29) is 11.7 Å². The van der Waals surface area contributed by atoms with E-state index in [1.165, 1.54) is 17.8 Å². The Labute approximate surface area is 177 Å². The third-order valence-corrected chi connectivity index (χ3v) is 4.93. The van der Waals surface area contributed by atoms with Crippen LogP contribution in [0.15, 0.2) is 75.1 Å². The van der Waals surface area contributed by atoms with Gasteiger partial charge < -0.3 is 14.2 Å². The van der Waals surface area contributed by atoms with Crippen LogP contribution in [0.1, 0.15) is 19.7 Å². The first-order valence-corrected chi connectivity index (χ1v) is 10.4. The van der Waals surface area contributed by atoms with Crippen LogP contribution in [0.2, 0.25) is 0 Å². The van der Waals surface area contributed by atoms with Gasteiger partial charge in [-0.05, 0) is 38.1 Å². The third kappa shape index (κ3) is 4.96. The summed E-state index contributed by atoms with van der Waals surface area (Å²) < 4.78 is 11.0. The minimum Gasteiger partial charge on any atom is -0.491 e. The van der Waals surface area contributed by atoms with Gasteiger partial charge in [-0.2, -0.15) is 4.98 Å². The predicted octanol–water partition coefficient (Wildman–Crippen LogP) is 4.57. The van der Waals surface area contributed by atoms with Crippen molar-refractivity contribution in [3.63, 3.8) is 0 Å². The van der Waals surface area contributed by atoms with Crippen molar-refractivity contribution in [1.82, 2.24) is 20.1 Å². The molecule has 2 aromatic heterocycles. The van der Waals surface area contributed by atoms with Crippen molar-refractivity contribution in [3.05, 3.63) is 76.9 Å². The molecule has 0 saturated carbocycles. The summed E-state index contributed by atoms with van der Waals surface area (Å²) in [6, 6.07) is 18.6. The summed E-state index contributed by atoms with van der Waals surface area (Å²) in [5.74, 6) is 2.13. The summed E-state index contributed by atoms with van der Waals surface area (Å²) in [5.41, 5.74) is 2.14. The molecule has 0 amide bonds. The molecular weight excluding hydrogens is 400 g/mol. The molecule has 2 aromatic carbocycles. The molecule has 0 unspecified atom stereocenters. The van der Waals surface area contributed by atoms with Gasteiger partial charge in [0.05, 0.1) is 17.6 Å². The molecule has 0 aliphatic heterocycles. The molecule has 152 valence electrons. The maximum absolute atomic E-state index is 12.0. The Kier molecular flexibility index (Phi) is 5.94. The zero-order chi connectivity index (χ0) is 20.9. The molecule has 0 radical (unpaired) electrons. The van der Waals surface area contributed by atoms with E-state index in [1.54, 1.807) is 0 Å². The fourth-order valence-corrected chi connectivity index (χ4v) is 3.49. The summed E-state index contributed by atoms with van der Waals surface area (Å²) >= 11 is 1.33. The highest BCUT2D eigenvalue weighted by atomic mass is 32.2.